The van der Waals surface area contributed by atoms with E-state index in [-0.39, 0.29) is 68.8 Å². The lowest BCUT2D eigenvalue weighted by Gasteiger charge is -2.61. The quantitative estimate of drug-likeness (QED) is 0.145. The van der Waals surface area contributed by atoms with Crippen molar-refractivity contribution in [1.82, 2.24) is 0 Å². The van der Waals surface area contributed by atoms with Crippen LogP contribution in [-0.2, 0) is 28.5 Å². The Labute approximate surface area is 413 Å². The van der Waals surface area contributed by atoms with Crippen molar-refractivity contribution in [2.45, 2.75) is 216 Å². The van der Waals surface area contributed by atoms with Gasteiger partial charge in [0.2, 0.25) is 0 Å². The molecule has 0 aromatic heterocycles. The smallest absolute Gasteiger partial charge is 0.426 e. The first kappa shape index (κ1) is 53.4. The minimum absolute atomic E-state index is 0.0871. The van der Waals surface area contributed by atoms with Gasteiger partial charge >= 0.3 is 36.6 Å². The molecule has 12 aliphatic rings. The van der Waals surface area contributed by atoms with Crippen molar-refractivity contribution in [2.75, 3.05) is 6.61 Å². The summed E-state index contributed by atoms with van der Waals surface area (Å²) in [5, 5.41) is 10.2. The molecule has 10 saturated carbocycles. The second kappa shape index (κ2) is 17.8. The normalized spacial score (nSPS) is 45.2. The molecule has 0 radical (unpaired) electrons. The van der Waals surface area contributed by atoms with Gasteiger partial charge in [-0.15, -0.1) is 0 Å². The molecule has 2 saturated heterocycles. The first-order valence-electron chi connectivity index (χ1n) is 27.2. The van der Waals surface area contributed by atoms with Gasteiger partial charge < -0.3 is 24.1 Å². The van der Waals surface area contributed by atoms with Crippen molar-refractivity contribution in [2.24, 2.45) is 93.7 Å². The number of carbonyl (C=O) groups is 2. The highest BCUT2D eigenvalue weighted by atomic mass is 19.4. The lowest BCUT2D eigenvalue weighted by Crippen LogP contribution is -2.65. The number of hydrogen-bond donors (Lipinski definition) is 1. The highest BCUT2D eigenvalue weighted by Gasteiger charge is 2.75. The van der Waals surface area contributed by atoms with Crippen LogP contribution in [0.1, 0.15) is 156 Å². The van der Waals surface area contributed by atoms with Crippen LogP contribution in [-0.4, -0.2) is 83.5 Å². The summed E-state index contributed by atoms with van der Waals surface area (Å²) in [5.74, 6) is -8.75. The zero-order valence-corrected chi connectivity index (χ0v) is 41.6. The molecule has 19 heteroatoms. The molecular weight excluding hydrogens is 977 g/mol. The summed E-state index contributed by atoms with van der Waals surface area (Å²) in [6.07, 6.45) is -24.3. The van der Waals surface area contributed by atoms with Gasteiger partial charge in [0.05, 0.1) is 18.3 Å². The molecule has 2 heterocycles. The van der Waals surface area contributed by atoms with E-state index in [0.717, 1.165) is 12.8 Å². The van der Waals surface area contributed by atoms with Crippen LogP contribution in [0.4, 0.5) is 52.7 Å². The van der Waals surface area contributed by atoms with Crippen LogP contribution < -0.4 is 0 Å². The molecule has 410 valence electrons. The number of halogens is 12. The molecule has 12 fully saturated rings. The van der Waals surface area contributed by atoms with E-state index < -0.39 is 144 Å². The van der Waals surface area contributed by atoms with E-state index >= 15 is 31.1 Å². The van der Waals surface area contributed by atoms with Gasteiger partial charge in [0.15, 0.2) is 10.8 Å². The van der Waals surface area contributed by atoms with Gasteiger partial charge in [-0.1, -0.05) is 20.8 Å². The van der Waals surface area contributed by atoms with E-state index in [9.17, 15) is 36.2 Å². The zero-order chi connectivity index (χ0) is 52.1. The van der Waals surface area contributed by atoms with Gasteiger partial charge in [0.1, 0.15) is 11.2 Å². The van der Waals surface area contributed by atoms with Gasteiger partial charge in [0, 0.05) is 12.5 Å². The van der Waals surface area contributed by atoms with Crippen LogP contribution in [0, 0.1) is 93.7 Å². The number of rotatable bonds is 13. The maximum absolute atomic E-state index is 17.1. The summed E-state index contributed by atoms with van der Waals surface area (Å²) in [7, 11) is 0. The second-order valence-corrected chi connectivity index (χ2v) is 25.6. The first-order chi connectivity index (χ1) is 33.4. The molecule has 0 aromatic rings. The third-order valence-corrected chi connectivity index (χ3v) is 22.2. The van der Waals surface area contributed by atoms with Crippen molar-refractivity contribution in [3.8, 4) is 0 Å². The van der Waals surface area contributed by atoms with Gasteiger partial charge in [-0.3, -0.25) is 9.59 Å². The van der Waals surface area contributed by atoms with Crippen LogP contribution in [0.2, 0.25) is 0 Å². The van der Waals surface area contributed by atoms with Crippen molar-refractivity contribution >= 4 is 11.9 Å². The van der Waals surface area contributed by atoms with Gasteiger partial charge in [-0.05, 0) is 212 Å². The van der Waals surface area contributed by atoms with Crippen LogP contribution in [0.5, 0.6) is 0 Å². The standard InChI is InChI=1S/C53H72F12O7/c1-5-47(33-13-27-11-28(15-33)16-34(47)14-27)71-43(66)45(4,50(54,55)56)24-41-39(8-7-9-69-41)46(51(57,58)59,44(67)72-48(6-2)35-17-29-12-30(19-35)20-36(48)18-29)25-40-26(3)10-37-31-21-32(38(22-31)42(37)70-40)23-49(68,52(60,61)62)53(63,64)65/h26-42,68H,5-25H2,1-4H3. The van der Waals surface area contributed by atoms with Gasteiger partial charge in [-0.25, -0.2) is 0 Å². The summed E-state index contributed by atoms with van der Waals surface area (Å²) in [6.45, 7) is 5.54. The van der Waals surface area contributed by atoms with Gasteiger partial charge in [-0.2, -0.15) is 52.7 Å². The lowest BCUT2D eigenvalue weighted by molar-refractivity contribution is -0.374. The molecule has 10 aliphatic carbocycles. The predicted octanol–water partition coefficient (Wildman–Crippen LogP) is 13.3. The minimum Gasteiger partial charge on any atom is -0.458 e. The highest BCUT2D eigenvalue weighted by molar-refractivity contribution is 5.80. The monoisotopic (exact) mass is 1050 g/mol. The van der Waals surface area contributed by atoms with E-state index in [4.69, 9.17) is 18.9 Å². The fraction of sp³-hybridized carbons (Fsp3) is 0.962. The molecule has 0 amide bonds. The average molecular weight is 1050 g/mol. The number of hydrogen-bond acceptors (Lipinski definition) is 7. The zero-order valence-electron chi connectivity index (χ0n) is 41.6. The van der Waals surface area contributed by atoms with Crippen molar-refractivity contribution in [1.29, 1.82) is 0 Å². The number of carbonyl (C=O) groups excluding carboxylic acids is 2. The Kier molecular flexibility index (Phi) is 13.2. The molecular formula is C53H72F12O7. The van der Waals surface area contributed by atoms with E-state index in [1.54, 1.807) is 20.8 Å². The van der Waals surface area contributed by atoms with Gasteiger partial charge in [0.25, 0.3) is 5.60 Å². The van der Waals surface area contributed by atoms with Crippen LogP contribution in [0.3, 0.4) is 0 Å². The Hall–Kier alpha value is -2.02. The Balaban J connectivity index is 1.01. The molecule has 72 heavy (non-hydrogen) atoms. The third-order valence-electron chi connectivity index (χ3n) is 22.2. The number of alkyl halides is 12. The Morgan fingerprint density at radius 1 is 0.583 bits per heavy atom. The Bertz CT molecular complexity index is 1980. The summed E-state index contributed by atoms with van der Waals surface area (Å²) in [6, 6.07) is 0. The molecule has 10 bridgehead atoms. The van der Waals surface area contributed by atoms with Crippen molar-refractivity contribution < 1.29 is 86.3 Å². The first-order valence-corrected chi connectivity index (χ1v) is 27.2. The van der Waals surface area contributed by atoms with Crippen molar-refractivity contribution in [3.05, 3.63) is 0 Å². The van der Waals surface area contributed by atoms with Crippen LogP contribution >= 0.6 is 0 Å². The number of aliphatic hydroxyl groups is 1. The molecule has 0 spiro atoms. The topological polar surface area (TPSA) is 91.3 Å². The summed E-state index contributed by atoms with van der Waals surface area (Å²) < 4.78 is 208. The maximum atomic E-state index is 17.1. The van der Waals surface area contributed by atoms with Crippen LogP contribution in [0.25, 0.3) is 0 Å². The summed E-state index contributed by atoms with van der Waals surface area (Å²) in [4.78, 5) is 30.2. The Morgan fingerprint density at radius 3 is 1.51 bits per heavy atom. The number of esters is 2. The van der Waals surface area contributed by atoms with E-state index in [1.165, 1.54) is 0 Å². The minimum atomic E-state index is -6.08. The maximum Gasteiger partial charge on any atom is 0.426 e. The van der Waals surface area contributed by atoms with E-state index in [2.05, 4.69) is 0 Å². The molecule has 2 aliphatic heterocycles. The largest absolute Gasteiger partial charge is 0.458 e. The van der Waals surface area contributed by atoms with Crippen molar-refractivity contribution in [3.63, 3.8) is 0 Å². The fourth-order valence-corrected chi connectivity index (χ4v) is 18.9. The van der Waals surface area contributed by atoms with E-state index in [0.29, 0.717) is 82.0 Å². The van der Waals surface area contributed by atoms with E-state index in [1.807, 2.05) is 0 Å². The molecule has 11 atom stereocenters. The Morgan fingerprint density at radius 2 is 1.07 bits per heavy atom. The number of ether oxygens (including phenoxy) is 4. The third kappa shape index (κ3) is 8.11. The average Bonchev–Trinajstić information content (AvgIpc) is 3.84. The second-order valence-electron chi connectivity index (χ2n) is 25.6. The molecule has 12 rings (SSSR count). The number of fused-ring (bicyclic) bond motifs is 5. The molecule has 7 nitrogen and oxygen atoms in total. The molecule has 11 unspecified atom stereocenters. The summed E-state index contributed by atoms with van der Waals surface area (Å²) >= 11 is 0. The highest BCUT2D eigenvalue weighted by Crippen LogP contribution is 2.67. The fourth-order valence-electron chi connectivity index (χ4n) is 18.9. The predicted molar refractivity (Wildman–Crippen MR) is 234 cm³/mol. The molecule has 0 aromatic carbocycles. The molecule has 1 N–H and O–H groups in total. The lowest BCUT2D eigenvalue weighted by atomic mass is 9.49. The SMILES string of the molecule is CCC1(OC(=O)C(C)(CC2OCCCC2C(CC2OC3C(CC2C)C2CC(CC(O)(C(F)(F)F)C(F)(F)F)C3C2)(C(=O)OC2(CC)C3CC4CC(C3)CC2C4)C(F)(F)F)C(F)(F)F)C2CC3CC(C2)CC1C3. The summed E-state index contributed by atoms with van der Waals surface area (Å²) in [5.41, 5.74) is -14.5. The van der Waals surface area contributed by atoms with Crippen LogP contribution in [0.15, 0.2) is 0 Å².